The van der Waals surface area contributed by atoms with Gasteiger partial charge in [-0.2, -0.15) is 9.78 Å². The lowest BCUT2D eigenvalue weighted by Crippen LogP contribution is -2.26. The van der Waals surface area contributed by atoms with E-state index in [-0.39, 0.29) is 10.5 Å². The Labute approximate surface area is 176 Å². The highest BCUT2D eigenvalue weighted by Crippen LogP contribution is 2.10. The molecule has 0 atom stereocenters. The van der Waals surface area contributed by atoms with Crippen molar-refractivity contribution in [1.29, 1.82) is 0 Å². The van der Waals surface area contributed by atoms with Gasteiger partial charge in [-0.3, -0.25) is 9.36 Å². The van der Waals surface area contributed by atoms with E-state index in [1.165, 1.54) is 54.5 Å². The highest BCUT2D eigenvalue weighted by molar-refractivity contribution is 7.71. The van der Waals surface area contributed by atoms with E-state index in [1.54, 1.807) is 18.3 Å². The van der Waals surface area contributed by atoms with Gasteiger partial charge in [0.05, 0.1) is 12.8 Å². The zero-order valence-electron chi connectivity index (χ0n) is 17.2. The van der Waals surface area contributed by atoms with Crippen LogP contribution in [0, 0.1) is 4.77 Å². The molecule has 29 heavy (non-hydrogen) atoms. The van der Waals surface area contributed by atoms with Crippen molar-refractivity contribution in [2.24, 2.45) is 5.10 Å². The molecule has 6 nitrogen and oxygen atoms in total. The summed E-state index contributed by atoms with van der Waals surface area (Å²) in [5.41, 5.74) is 0.237. The molecule has 1 aromatic carbocycles. The molecule has 0 fully saturated rings. The molecule has 0 amide bonds. The Morgan fingerprint density at radius 2 is 1.76 bits per heavy atom. The van der Waals surface area contributed by atoms with Crippen LogP contribution in [0.3, 0.4) is 0 Å². The van der Waals surface area contributed by atoms with Crippen molar-refractivity contribution >= 4 is 24.4 Å². The molecule has 156 valence electrons. The van der Waals surface area contributed by atoms with E-state index >= 15 is 0 Å². The van der Waals surface area contributed by atoms with Gasteiger partial charge >= 0.3 is 5.97 Å². The molecule has 0 spiro atoms. The predicted molar refractivity (Wildman–Crippen MR) is 119 cm³/mol. The number of hydrogen-bond donors (Lipinski definition) is 0. The van der Waals surface area contributed by atoms with Gasteiger partial charge in [0.15, 0.2) is 5.69 Å². The number of hydrogen-bond acceptors (Lipinski definition) is 5. The summed E-state index contributed by atoms with van der Waals surface area (Å²) in [5, 5.41) is 4.38. The average molecular weight is 416 g/mol. The van der Waals surface area contributed by atoms with Crippen LogP contribution in [0.25, 0.3) is 5.69 Å². The lowest BCUT2D eigenvalue weighted by atomic mass is 10.1. The minimum Gasteiger partial charge on any atom is -0.464 e. The zero-order chi connectivity index (χ0) is 21.1. The maximum atomic E-state index is 12.6. The second kappa shape index (κ2) is 12.1. The third-order valence-electron chi connectivity index (χ3n) is 4.62. The Bertz CT molecular complexity index is 933. The maximum absolute atomic E-state index is 12.6. The molecule has 0 N–H and O–H groups in total. The predicted octanol–water partition coefficient (Wildman–Crippen LogP) is 5.13. The van der Waals surface area contributed by atoms with Gasteiger partial charge in [0.25, 0.3) is 5.56 Å². The lowest BCUT2D eigenvalue weighted by Gasteiger charge is -2.12. The third-order valence-corrected chi connectivity index (χ3v) is 4.98. The molecule has 1 heterocycles. The number of unbranched alkanes of at least 4 members (excludes halogenated alkanes) is 7. The van der Waals surface area contributed by atoms with E-state index in [0.29, 0.717) is 5.69 Å². The number of para-hydroxylation sites is 1. The highest BCUT2D eigenvalue weighted by Gasteiger charge is 2.16. The maximum Gasteiger partial charge on any atom is 0.357 e. The minimum absolute atomic E-state index is 0.0190. The van der Waals surface area contributed by atoms with Crippen LogP contribution in [0.5, 0.6) is 0 Å². The number of benzene rings is 1. The summed E-state index contributed by atoms with van der Waals surface area (Å²) in [6.07, 6.45) is 11.0. The van der Waals surface area contributed by atoms with Crippen molar-refractivity contribution in [3.8, 4) is 5.69 Å². The average Bonchev–Trinajstić information content (AvgIpc) is 2.73. The number of rotatable bonds is 11. The summed E-state index contributed by atoms with van der Waals surface area (Å²) in [7, 11) is 1.26. The lowest BCUT2D eigenvalue weighted by molar-refractivity contribution is 0.0587. The molecule has 0 radical (unpaired) electrons. The summed E-state index contributed by atoms with van der Waals surface area (Å²) in [5.74, 6) is -0.651. The van der Waals surface area contributed by atoms with Crippen LogP contribution in [0.1, 0.15) is 68.8 Å². The summed E-state index contributed by atoms with van der Waals surface area (Å²) >= 11 is 5.48. The molecule has 0 saturated carbocycles. The van der Waals surface area contributed by atoms with Gasteiger partial charge in [0.1, 0.15) is 0 Å². The summed E-state index contributed by atoms with van der Waals surface area (Å²) in [6.45, 7) is 2.21. The van der Waals surface area contributed by atoms with E-state index in [9.17, 15) is 9.59 Å². The van der Waals surface area contributed by atoms with E-state index in [1.807, 2.05) is 18.2 Å². The van der Waals surface area contributed by atoms with E-state index in [0.717, 1.165) is 19.3 Å². The first kappa shape index (κ1) is 22.7. The number of ether oxygens (including phenoxy) is 1. The van der Waals surface area contributed by atoms with Gasteiger partial charge in [-0.25, -0.2) is 4.79 Å². The molecule has 0 saturated heterocycles. The molecule has 0 aliphatic rings. The second-order valence-corrected chi connectivity index (χ2v) is 7.20. The number of esters is 1. The fourth-order valence-corrected chi connectivity index (χ4v) is 3.38. The van der Waals surface area contributed by atoms with Gasteiger partial charge in [0, 0.05) is 12.3 Å². The minimum atomic E-state index is -0.651. The first-order valence-electron chi connectivity index (χ1n) is 10.2. The molecule has 0 unspecified atom stereocenters. The Balaban J connectivity index is 2.19. The summed E-state index contributed by atoms with van der Waals surface area (Å²) in [6, 6.07) is 10.3. The second-order valence-electron chi connectivity index (χ2n) is 6.83. The van der Waals surface area contributed by atoms with Crippen molar-refractivity contribution in [3.63, 3.8) is 0 Å². The number of aromatic nitrogens is 2. The largest absolute Gasteiger partial charge is 0.464 e. The van der Waals surface area contributed by atoms with E-state index in [2.05, 4.69) is 12.0 Å². The number of nitrogens with zero attached hydrogens (tertiary/aromatic N) is 3. The van der Waals surface area contributed by atoms with Crippen LogP contribution in [-0.4, -0.2) is 28.5 Å². The molecular weight excluding hydrogens is 386 g/mol. The third kappa shape index (κ3) is 6.49. The SMILES string of the molecule is CCCCCCCCC/C=N/n1c(C(=O)OC)cc(=O)n(-c2ccccc2)c1=S. The topological polar surface area (TPSA) is 65.6 Å². The van der Waals surface area contributed by atoms with Crippen molar-refractivity contribution < 1.29 is 9.53 Å². The Hall–Kier alpha value is -2.54. The van der Waals surface area contributed by atoms with Gasteiger partial charge in [-0.05, 0) is 37.2 Å². The van der Waals surface area contributed by atoms with Gasteiger partial charge in [-0.15, -0.1) is 0 Å². The first-order chi connectivity index (χ1) is 14.1. The number of carbonyl (C=O) groups excluding carboxylic acids is 1. The molecule has 7 heteroatoms. The molecule has 0 aliphatic heterocycles. The smallest absolute Gasteiger partial charge is 0.357 e. The molecule has 0 bridgehead atoms. The number of methoxy groups -OCH3 is 1. The normalized spacial score (nSPS) is 11.1. The van der Waals surface area contributed by atoms with Gasteiger partial charge in [-0.1, -0.05) is 63.6 Å². The van der Waals surface area contributed by atoms with Crippen molar-refractivity contribution in [3.05, 3.63) is 57.2 Å². The standard InChI is InChI=1S/C22H29N3O3S/c1-3-4-5-6-7-8-9-13-16-23-25-19(21(27)28-2)17-20(26)24(22(25)29)18-14-11-10-12-15-18/h10-12,14-17H,3-9,13H2,1-2H3/b23-16+. The molecule has 0 aliphatic carbocycles. The first-order valence-corrected chi connectivity index (χ1v) is 10.6. The van der Waals surface area contributed by atoms with Crippen LogP contribution in [0.15, 0.2) is 46.3 Å². The van der Waals surface area contributed by atoms with Crippen LogP contribution in [-0.2, 0) is 4.74 Å². The quantitative estimate of drug-likeness (QED) is 0.221. The van der Waals surface area contributed by atoms with Gasteiger partial charge in [0.2, 0.25) is 4.77 Å². The Morgan fingerprint density at radius 3 is 2.41 bits per heavy atom. The van der Waals surface area contributed by atoms with Crippen LogP contribution in [0.4, 0.5) is 0 Å². The van der Waals surface area contributed by atoms with Gasteiger partial charge < -0.3 is 4.74 Å². The molecule has 2 aromatic rings. The number of carbonyl (C=O) groups is 1. The van der Waals surface area contributed by atoms with Crippen LogP contribution < -0.4 is 5.56 Å². The molecular formula is C22H29N3O3S. The molecule has 1 aromatic heterocycles. The molecule has 2 rings (SSSR count). The van der Waals surface area contributed by atoms with Crippen molar-refractivity contribution in [1.82, 2.24) is 9.24 Å². The van der Waals surface area contributed by atoms with Crippen LogP contribution >= 0.6 is 12.2 Å². The monoisotopic (exact) mass is 415 g/mol. The van der Waals surface area contributed by atoms with Crippen molar-refractivity contribution in [2.75, 3.05) is 7.11 Å². The van der Waals surface area contributed by atoms with Crippen molar-refractivity contribution in [2.45, 2.75) is 58.3 Å². The Kier molecular flexibility index (Phi) is 9.50. The zero-order valence-corrected chi connectivity index (χ0v) is 18.0. The Morgan fingerprint density at radius 1 is 1.10 bits per heavy atom. The highest BCUT2D eigenvalue weighted by atomic mass is 32.1. The fourth-order valence-electron chi connectivity index (χ4n) is 3.04. The fraction of sp³-hybridized carbons (Fsp3) is 0.455. The summed E-state index contributed by atoms with van der Waals surface area (Å²) in [4.78, 5) is 24.7. The van der Waals surface area contributed by atoms with E-state index in [4.69, 9.17) is 17.0 Å². The van der Waals surface area contributed by atoms with E-state index < -0.39 is 11.5 Å². The van der Waals surface area contributed by atoms with Crippen LogP contribution in [0.2, 0.25) is 0 Å². The summed E-state index contributed by atoms with van der Waals surface area (Å²) < 4.78 is 7.58.